The molecule has 1 aliphatic heterocycles. The lowest BCUT2D eigenvalue weighted by Gasteiger charge is -2.36. The van der Waals surface area contributed by atoms with E-state index in [0.29, 0.717) is 6.04 Å². The van der Waals surface area contributed by atoms with Crippen molar-refractivity contribution in [2.75, 3.05) is 26.3 Å². The maximum Gasteiger partial charge on any atom is 0.0624 e. The zero-order valence-corrected chi connectivity index (χ0v) is 12.0. The van der Waals surface area contributed by atoms with E-state index in [2.05, 4.69) is 32.6 Å². The van der Waals surface area contributed by atoms with Crippen molar-refractivity contribution in [1.82, 2.24) is 4.90 Å². The van der Waals surface area contributed by atoms with Gasteiger partial charge in [0, 0.05) is 24.0 Å². The Hall–Kier alpha value is -0.120. The molecule has 1 rings (SSSR count). The standard InChI is InChI=1S/C14H30N2O/c1-5-6-7-8-16(12(2)3)10-14(4)11-17-9-13(14)15/h12-13H,5-11,15H2,1-4H3. The van der Waals surface area contributed by atoms with Gasteiger partial charge in [-0.1, -0.05) is 26.7 Å². The topological polar surface area (TPSA) is 38.5 Å². The molecule has 2 unspecified atom stereocenters. The first-order chi connectivity index (χ1) is 7.99. The highest BCUT2D eigenvalue weighted by Crippen LogP contribution is 2.28. The Kier molecular flexibility index (Phi) is 5.90. The Bertz CT molecular complexity index is 220. The van der Waals surface area contributed by atoms with Crippen molar-refractivity contribution in [1.29, 1.82) is 0 Å². The number of rotatable bonds is 7. The molecule has 102 valence electrons. The van der Waals surface area contributed by atoms with Gasteiger partial charge in [0.05, 0.1) is 13.2 Å². The van der Waals surface area contributed by atoms with Crippen LogP contribution in [-0.2, 0) is 4.74 Å². The molecule has 0 aromatic carbocycles. The molecule has 0 spiro atoms. The summed E-state index contributed by atoms with van der Waals surface area (Å²) in [5, 5.41) is 0. The molecule has 17 heavy (non-hydrogen) atoms. The maximum atomic E-state index is 6.16. The monoisotopic (exact) mass is 242 g/mol. The summed E-state index contributed by atoms with van der Waals surface area (Å²) in [6.45, 7) is 12.8. The van der Waals surface area contributed by atoms with E-state index < -0.39 is 0 Å². The fourth-order valence-corrected chi connectivity index (χ4v) is 2.44. The van der Waals surface area contributed by atoms with Crippen LogP contribution in [0.4, 0.5) is 0 Å². The first-order valence-corrected chi connectivity index (χ1v) is 7.07. The Morgan fingerprint density at radius 1 is 1.41 bits per heavy atom. The second kappa shape index (κ2) is 6.72. The largest absolute Gasteiger partial charge is 0.379 e. The summed E-state index contributed by atoms with van der Waals surface area (Å²) >= 11 is 0. The van der Waals surface area contributed by atoms with E-state index in [1.165, 1.54) is 25.8 Å². The van der Waals surface area contributed by atoms with Gasteiger partial charge >= 0.3 is 0 Å². The Balaban J connectivity index is 2.48. The summed E-state index contributed by atoms with van der Waals surface area (Å²) < 4.78 is 5.53. The highest BCUT2D eigenvalue weighted by atomic mass is 16.5. The molecular formula is C14H30N2O. The van der Waals surface area contributed by atoms with Gasteiger partial charge in [0.15, 0.2) is 0 Å². The fraction of sp³-hybridized carbons (Fsp3) is 1.00. The van der Waals surface area contributed by atoms with Crippen molar-refractivity contribution in [2.45, 2.75) is 59.0 Å². The highest BCUT2D eigenvalue weighted by Gasteiger charge is 2.39. The maximum absolute atomic E-state index is 6.16. The quantitative estimate of drug-likeness (QED) is 0.696. The van der Waals surface area contributed by atoms with Crippen LogP contribution < -0.4 is 5.73 Å². The second-order valence-electron chi connectivity index (χ2n) is 6.05. The summed E-state index contributed by atoms with van der Waals surface area (Å²) in [6.07, 6.45) is 3.90. The van der Waals surface area contributed by atoms with E-state index in [1.54, 1.807) is 0 Å². The minimum Gasteiger partial charge on any atom is -0.379 e. The van der Waals surface area contributed by atoms with Crippen LogP contribution in [-0.4, -0.2) is 43.3 Å². The fourth-order valence-electron chi connectivity index (χ4n) is 2.44. The average molecular weight is 242 g/mol. The summed E-state index contributed by atoms with van der Waals surface area (Å²) in [6, 6.07) is 0.784. The van der Waals surface area contributed by atoms with Crippen molar-refractivity contribution in [3.05, 3.63) is 0 Å². The molecule has 0 bridgehead atoms. The van der Waals surface area contributed by atoms with E-state index >= 15 is 0 Å². The van der Waals surface area contributed by atoms with Gasteiger partial charge < -0.3 is 15.4 Å². The van der Waals surface area contributed by atoms with Crippen molar-refractivity contribution in [2.24, 2.45) is 11.1 Å². The number of hydrogen-bond acceptors (Lipinski definition) is 3. The predicted octanol–water partition coefficient (Wildman–Crippen LogP) is 2.25. The van der Waals surface area contributed by atoms with E-state index in [9.17, 15) is 0 Å². The van der Waals surface area contributed by atoms with Crippen molar-refractivity contribution in [3.8, 4) is 0 Å². The summed E-state index contributed by atoms with van der Waals surface area (Å²) in [5.74, 6) is 0. The van der Waals surface area contributed by atoms with Crippen LogP contribution in [0.2, 0.25) is 0 Å². The second-order valence-corrected chi connectivity index (χ2v) is 6.05. The Morgan fingerprint density at radius 2 is 2.12 bits per heavy atom. The normalized spacial score (nSPS) is 29.5. The first kappa shape index (κ1) is 14.9. The molecular weight excluding hydrogens is 212 g/mol. The van der Waals surface area contributed by atoms with Crippen LogP contribution >= 0.6 is 0 Å². The van der Waals surface area contributed by atoms with Gasteiger partial charge in [-0.15, -0.1) is 0 Å². The van der Waals surface area contributed by atoms with Crippen LogP contribution in [0.1, 0.15) is 47.0 Å². The third-order valence-electron chi connectivity index (χ3n) is 3.97. The molecule has 1 aliphatic rings. The molecule has 1 fully saturated rings. The van der Waals surface area contributed by atoms with Crippen LogP contribution in [0.5, 0.6) is 0 Å². The van der Waals surface area contributed by atoms with Crippen molar-refractivity contribution in [3.63, 3.8) is 0 Å². The first-order valence-electron chi connectivity index (χ1n) is 7.07. The van der Waals surface area contributed by atoms with Gasteiger partial charge in [-0.25, -0.2) is 0 Å². The summed E-state index contributed by atoms with van der Waals surface area (Å²) in [7, 11) is 0. The van der Waals surface area contributed by atoms with Crippen LogP contribution in [0.15, 0.2) is 0 Å². The molecule has 3 nitrogen and oxygen atoms in total. The molecule has 0 saturated carbocycles. The zero-order valence-electron chi connectivity index (χ0n) is 12.0. The third-order valence-corrected chi connectivity index (χ3v) is 3.97. The number of unbranched alkanes of at least 4 members (excludes halogenated alkanes) is 2. The molecule has 0 radical (unpaired) electrons. The van der Waals surface area contributed by atoms with Gasteiger partial charge in [0.2, 0.25) is 0 Å². The minimum absolute atomic E-state index is 0.135. The van der Waals surface area contributed by atoms with Crippen LogP contribution in [0, 0.1) is 5.41 Å². The molecule has 2 atom stereocenters. The molecule has 0 aromatic heterocycles. The van der Waals surface area contributed by atoms with E-state index in [-0.39, 0.29) is 11.5 Å². The molecule has 1 saturated heterocycles. The molecule has 2 N–H and O–H groups in total. The van der Waals surface area contributed by atoms with E-state index in [1.807, 2.05) is 0 Å². The van der Waals surface area contributed by atoms with E-state index in [4.69, 9.17) is 10.5 Å². The van der Waals surface area contributed by atoms with Crippen molar-refractivity contribution >= 4 is 0 Å². The van der Waals surface area contributed by atoms with E-state index in [0.717, 1.165) is 19.8 Å². The van der Waals surface area contributed by atoms with Crippen LogP contribution in [0.25, 0.3) is 0 Å². The lowest BCUT2D eigenvalue weighted by Crippen LogP contribution is -2.49. The third kappa shape index (κ3) is 4.23. The Morgan fingerprint density at radius 3 is 2.59 bits per heavy atom. The SMILES string of the molecule is CCCCCN(CC1(C)COCC1N)C(C)C. The van der Waals surface area contributed by atoms with Gasteiger partial charge in [-0.05, 0) is 26.8 Å². The number of ether oxygens (including phenoxy) is 1. The summed E-state index contributed by atoms with van der Waals surface area (Å²) in [4.78, 5) is 2.56. The highest BCUT2D eigenvalue weighted by molar-refractivity contribution is 4.92. The molecule has 3 heteroatoms. The predicted molar refractivity (Wildman–Crippen MR) is 73.1 cm³/mol. The molecule has 0 aromatic rings. The number of nitrogens with two attached hydrogens (primary N) is 1. The van der Waals surface area contributed by atoms with Gasteiger partial charge in [0.1, 0.15) is 0 Å². The molecule has 0 aliphatic carbocycles. The van der Waals surface area contributed by atoms with Gasteiger partial charge in [0.25, 0.3) is 0 Å². The Labute approximate surface area is 107 Å². The zero-order chi connectivity index (χ0) is 12.9. The molecule has 1 heterocycles. The minimum atomic E-state index is 0.135. The smallest absolute Gasteiger partial charge is 0.0624 e. The van der Waals surface area contributed by atoms with Crippen molar-refractivity contribution < 1.29 is 4.74 Å². The lowest BCUT2D eigenvalue weighted by molar-refractivity contribution is 0.101. The average Bonchev–Trinajstić information content (AvgIpc) is 2.58. The molecule has 0 amide bonds. The lowest BCUT2D eigenvalue weighted by atomic mass is 9.85. The number of hydrogen-bond donors (Lipinski definition) is 1. The van der Waals surface area contributed by atoms with Gasteiger partial charge in [-0.2, -0.15) is 0 Å². The number of nitrogens with zero attached hydrogens (tertiary/aromatic N) is 1. The summed E-state index contributed by atoms with van der Waals surface area (Å²) in [5.41, 5.74) is 6.30. The van der Waals surface area contributed by atoms with Gasteiger partial charge in [-0.3, -0.25) is 0 Å². The van der Waals surface area contributed by atoms with Crippen LogP contribution in [0.3, 0.4) is 0 Å².